The first-order valence-corrected chi connectivity index (χ1v) is 8.28. The largest absolute Gasteiger partial charge is 0.460 e. The molecule has 156 valence electrons. The summed E-state index contributed by atoms with van der Waals surface area (Å²) >= 11 is 3.88. The number of carbonyl (C=O) groups excluding carboxylic acids is 1. The normalized spacial score (nSPS) is 13.6. The van der Waals surface area contributed by atoms with Gasteiger partial charge in [-0.25, -0.2) is 0 Å². The number of hydrogen-bond donors (Lipinski definition) is 2. The molecule has 1 aromatic carbocycles. The maximum absolute atomic E-state index is 12.2. The van der Waals surface area contributed by atoms with E-state index in [0.717, 1.165) is 5.56 Å². The maximum atomic E-state index is 12.2. The van der Waals surface area contributed by atoms with E-state index in [0.29, 0.717) is 0 Å². The quantitative estimate of drug-likeness (QED) is 0.306. The first-order valence-electron chi connectivity index (χ1n) is 6.21. The van der Waals surface area contributed by atoms with E-state index in [1.54, 1.807) is 12.1 Å². The molecule has 0 aliphatic rings. The first-order chi connectivity index (χ1) is 11.8. The lowest BCUT2D eigenvalue weighted by atomic mass is 10.1. The number of hydrogen-bond acceptors (Lipinski definition) is 4. The smallest absolute Gasteiger partial charge is 0.293 e. The van der Waals surface area contributed by atoms with Crippen molar-refractivity contribution in [2.45, 2.75) is 23.3 Å². The molecule has 15 heteroatoms. The molecule has 0 heterocycles. The molecule has 0 amide bonds. The van der Waals surface area contributed by atoms with Crippen LogP contribution in [0, 0.1) is 0 Å². The van der Waals surface area contributed by atoms with Gasteiger partial charge in [-0.1, -0.05) is 30.3 Å². The summed E-state index contributed by atoms with van der Waals surface area (Å²) in [6.45, 7) is 0. The van der Waals surface area contributed by atoms with Crippen molar-refractivity contribution in [3.05, 3.63) is 35.9 Å². The van der Waals surface area contributed by atoms with Crippen LogP contribution in [0.3, 0.4) is 0 Å². The Labute approximate surface area is 151 Å². The van der Waals surface area contributed by atoms with Gasteiger partial charge in [0.05, 0.1) is 5.75 Å². The number of carbonyl (C=O) groups is 1. The number of alkyl halides is 9. The van der Waals surface area contributed by atoms with Crippen LogP contribution < -0.4 is 0 Å². The molecule has 1 rings (SSSR count). The molecule has 0 fully saturated rings. The fourth-order valence-electron chi connectivity index (χ4n) is 1.24. The van der Waals surface area contributed by atoms with Gasteiger partial charge in [0.1, 0.15) is 0 Å². The molecule has 1 aromatic rings. The minimum Gasteiger partial charge on any atom is -0.293 e. The molecule has 0 aliphatic heterocycles. The SMILES string of the molecule is O=C(CS)c1ccccc1.O=S(=O)(O)C(F)(F)C(F)(F)C(F)(F)C(F)(F)F. The predicted molar refractivity (Wildman–Crippen MR) is 77.1 cm³/mol. The van der Waals surface area contributed by atoms with Crippen molar-refractivity contribution in [1.29, 1.82) is 0 Å². The van der Waals surface area contributed by atoms with Crippen molar-refractivity contribution in [3.63, 3.8) is 0 Å². The Balaban J connectivity index is 0.000000569. The van der Waals surface area contributed by atoms with Gasteiger partial charge in [0, 0.05) is 5.56 Å². The van der Waals surface area contributed by atoms with Gasteiger partial charge in [-0.2, -0.15) is 60.6 Å². The zero-order valence-corrected chi connectivity index (χ0v) is 14.2. The number of thiol groups is 1. The van der Waals surface area contributed by atoms with Crippen LogP contribution in [0.25, 0.3) is 0 Å². The van der Waals surface area contributed by atoms with Crippen LogP contribution in [0.2, 0.25) is 0 Å². The van der Waals surface area contributed by atoms with Crippen LogP contribution >= 0.6 is 12.6 Å². The number of rotatable bonds is 5. The van der Waals surface area contributed by atoms with Gasteiger partial charge in [-0.15, -0.1) is 0 Å². The van der Waals surface area contributed by atoms with Gasteiger partial charge in [0.2, 0.25) is 0 Å². The van der Waals surface area contributed by atoms with E-state index >= 15 is 0 Å². The zero-order chi connectivity index (χ0) is 21.9. The van der Waals surface area contributed by atoms with Gasteiger partial charge < -0.3 is 0 Å². The highest BCUT2D eigenvalue weighted by Gasteiger charge is 2.85. The fourth-order valence-corrected chi connectivity index (χ4v) is 1.87. The summed E-state index contributed by atoms with van der Waals surface area (Å²) in [5, 5.41) is -7.00. The molecule has 0 saturated heterocycles. The highest BCUT2D eigenvalue weighted by Crippen LogP contribution is 2.54. The molecule has 0 unspecified atom stereocenters. The molecular weight excluding hydrogens is 443 g/mol. The standard InChI is InChI=1S/C8H8OS.C4HF9O3S/c9-8(6-10)7-4-2-1-3-5-7;5-1(6,3(9,10)11)2(7,8)4(12,13)17(14,15)16/h1-5,10H,6H2;(H,14,15,16). The second-order valence-corrected chi connectivity index (χ2v) is 6.36. The molecule has 0 radical (unpaired) electrons. The van der Waals surface area contributed by atoms with Gasteiger partial charge >= 0.3 is 33.4 Å². The highest BCUT2D eigenvalue weighted by molar-refractivity contribution is 7.87. The van der Waals surface area contributed by atoms with E-state index < -0.39 is 33.4 Å². The molecule has 1 N–H and O–H groups in total. The summed E-state index contributed by atoms with van der Waals surface area (Å²) < 4.78 is 134. The van der Waals surface area contributed by atoms with Crippen LogP contribution in [0.4, 0.5) is 39.5 Å². The van der Waals surface area contributed by atoms with E-state index in [1.807, 2.05) is 18.2 Å². The maximum Gasteiger partial charge on any atom is 0.460 e. The van der Waals surface area contributed by atoms with Crippen molar-refractivity contribution >= 4 is 28.5 Å². The summed E-state index contributed by atoms with van der Waals surface area (Å²) in [4.78, 5) is 10.9. The average molecular weight is 452 g/mol. The van der Waals surface area contributed by atoms with Crippen molar-refractivity contribution < 1.29 is 57.3 Å². The third-order valence-corrected chi connectivity index (χ3v) is 3.87. The van der Waals surface area contributed by atoms with Crippen molar-refractivity contribution in [2.75, 3.05) is 5.75 Å². The van der Waals surface area contributed by atoms with E-state index in [-0.39, 0.29) is 11.5 Å². The third-order valence-electron chi connectivity index (χ3n) is 2.68. The first kappa shape index (κ1) is 25.5. The average Bonchev–Trinajstić information content (AvgIpc) is 2.53. The monoisotopic (exact) mass is 452 g/mol. The summed E-state index contributed by atoms with van der Waals surface area (Å²) in [6, 6.07) is 9.15. The number of halogens is 9. The Kier molecular flexibility index (Phi) is 7.81. The summed E-state index contributed by atoms with van der Waals surface area (Å²) in [5.74, 6) is -14.4. The Hall–Kier alpha value is -1.48. The van der Waals surface area contributed by atoms with Gasteiger partial charge in [0.15, 0.2) is 5.78 Å². The third kappa shape index (κ3) is 5.28. The summed E-state index contributed by atoms with van der Waals surface area (Å²) in [7, 11) is -7.17. The zero-order valence-electron chi connectivity index (χ0n) is 12.5. The topological polar surface area (TPSA) is 71.4 Å². The van der Waals surface area contributed by atoms with E-state index in [1.165, 1.54) is 0 Å². The van der Waals surface area contributed by atoms with Crippen molar-refractivity contribution in [1.82, 2.24) is 0 Å². The van der Waals surface area contributed by atoms with E-state index in [4.69, 9.17) is 4.55 Å². The highest BCUT2D eigenvalue weighted by atomic mass is 32.2. The minimum absolute atomic E-state index is 0.0731. The molecule has 0 bridgehead atoms. The summed E-state index contributed by atoms with van der Waals surface area (Å²) in [6.07, 6.45) is -7.13. The van der Waals surface area contributed by atoms with Gasteiger partial charge in [-0.3, -0.25) is 9.35 Å². The van der Waals surface area contributed by atoms with Crippen LogP contribution in [-0.4, -0.2) is 47.8 Å². The predicted octanol–water partition coefficient (Wildman–Crippen LogP) is 4.10. The number of Topliss-reactive ketones (excluding diaryl/α,β-unsaturated/α-hetero) is 1. The molecule has 0 atom stereocenters. The second kappa shape index (κ2) is 8.26. The van der Waals surface area contributed by atoms with E-state index in [9.17, 15) is 52.7 Å². The molecule has 0 saturated carbocycles. The van der Waals surface area contributed by atoms with Gasteiger partial charge in [-0.05, 0) is 0 Å². The molecule has 0 aliphatic carbocycles. The summed E-state index contributed by atoms with van der Waals surface area (Å²) in [5.41, 5.74) is 0.734. The number of benzene rings is 1. The van der Waals surface area contributed by atoms with Crippen LogP contribution in [0.15, 0.2) is 30.3 Å². The minimum atomic E-state index is -7.37. The second-order valence-electron chi connectivity index (χ2n) is 4.59. The molecule has 0 spiro atoms. The Morgan fingerprint density at radius 1 is 0.889 bits per heavy atom. The van der Waals surface area contributed by atoms with Crippen molar-refractivity contribution in [3.8, 4) is 0 Å². The Morgan fingerprint density at radius 2 is 1.30 bits per heavy atom. The van der Waals surface area contributed by atoms with Crippen LogP contribution in [0.5, 0.6) is 0 Å². The molecule has 27 heavy (non-hydrogen) atoms. The van der Waals surface area contributed by atoms with Gasteiger partial charge in [0.25, 0.3) is 0 Å². The van der Waals surface area contributed by atoms with Crippen molar-refractivity contribution in [2.24, 2.45) is 0 Å². The fraction of sp³-hybridized carbons (Fsp3) is 0.417. The van der Waals surface area contributed by atoms with E-state index in [2.05, 4.69) is 12.6 Å². The Bertz CT molecular complexity index is 746. The lowest BCUT2D eigenvalue weighted by Crippen LogP contribution is -2.63. The van der Waals surface area contributed by atoms with Crippen LogP contribution in [-0.2, 0) is 10.1 Å². The number of ketones is 1. The Morgan fingerprint density at radius 3 is 1.59 bits per heavy atom. The lowest BCUT2D eigenvalue weighted by Gasteiger charge is -2.31. The molecular formula is C12H9F9O4S2. The molecule has 0 aromatic heterocycles. The van der Waals surface area contributed by atoms with Crippen LogP contribution in [0.1, 0.15) is 10.4 Å². The molecule has 4 nitrogen and oxygen atoms in total. The lowest BCUT2D eigenvalue weighted by molar-refractivity contribution is -0.382.